The Bertz CT molecular complexity index is 543. The Kier molecular flexibility index (Phi) is 10.5. The van der Waals surface area contributed by atoms with Crippen molar-refractivity contribution in [3.8, 4) is 0 Å². The van der Waals surface area contributed by atoms with Gasteiger partial charge in [0.1, 0.15) is 0 Å². The zero-order valence-corrected chi connectivity index (χ0v) is 17.4. The van der Waals surface area contributed by atoms with Gasteiger partial charge in [-0.2, -0.15) is 0 Å². The van der Waals surface area contributed by atoms with Gasteiger partial charge in [0.25, 0.3) is 6.47 Å². The van der Waals surface area contributed by atoms with Crippen molar-refractivity contribution < 1.29 is 29.3 Å². The molecule has 2 rings (SSSR count). The van der Waals surface area contributed by atoms with Gasteiger partial charge in [-0.1, -0.05) is 31.2 Å². The second-order valence-electron chi connectivity index (χ2n) is 8.45. The summed E-state index contributed by atoms with van der Waals surface area (Å²) >= 11 is 0. The van der Waals surface area contributed by atoms with E-state index in [1.807, 2.05) is 25.2 Å². The van der Waals surface area contributed by atoms with E-state index in [9.17, 15) is 19.8 Å². The number of hydrogen-bond donors (Lipinski definition) is 2. The van der Waals surface area contributed by atoms with E-state index in [-0.39, 0.29) is 23.6 Å². The number of hydrogen-bond acceptors (Lipinski definition) is 6. The Hall–Kier alpha value is -1.66. The molecule has 2 aliphatic rings. The van der Waals surface area contributed by atoms with Crippen LogP contribution in [-0.4, -0.2) is 48.6 Å². The summed E-state index contributed by atoms with van der Waals surface area (Å²) in [7, 11) is 1.42. The second kappa shape index (κ2) is 12.0. The quantitative estimate of drug-likeness (QED) is 0.430. The SMILES string of the molecule is CC1(COC=O)C/C=C/C(O)CCC1.COC(=O)C1(C)C/C=C\C(O)CCC1. The van der Waals surface area contributed by atoms with Gasteiger partial charge in [-0.25, -0.2) is 0 Å². The summed E-state index contributed by atoms with van der Waals surface area (Å²) in [4.78, 5) is 21.6. The fourth-order valence-electron chi connectivity index (χ4n) is 3.63. The van der Waals surface area contributed by atoms with E-state index in [1.165, 1.54) is 7.11 Å². The minimum Gasteiger partial charge on any atom is -0.469 e. The van der Waals surface area contributed by atoms with Crippen LogP contribution < -0.4 is 0 Å². The lowest BCUT2D eigenvalue weighted by Gasteiger charge is -2.28. The third-order valence-electron chi connectivity index (χ3n) is 5.58. The molecule has 160 valence electrons. The lowest BCUT2D eigenvalue weighted by Crippen LogP contribution is -2.29. The van der Waals surface area contributed by atoms with E-state index in [2.05, 4.69) is 6.92 Å². The number of ether oxygens (including phenoxy) is 2. The van der Waals surface area contributed by atoms with Crippen molar-refractivity contribution in [2.24, 2.45) is 10.8 Å². The highest BCUT2D eigenvalue weighted by atomic mass is 16.5. The highest BCUT2D eigenvalue weighted by Crippen LogP contribution is 2.32. The van der Waals surface area contributed by atoms with E-state index >= 15 is 0 Å². The number of rotatable bonds is 4. The first-order chi connectivity index (χ1) is 13.2. The maximum atomic E-state index is 11.5. The molecule has 0 aliphatic heterocycles. The summed E-state index contributed by atoms with van der Waals surface area (Å²) in [6.07, 6.45) is 13.4. The van der Waals surface area contributed by atoms with Crippen LogP contribution in [0, 0.1) is 10.8 Å². The number of esters is 1. The van der Waals surface area contributed by atoms with Crippen molar-refractivity contribution in [1.29, 1.82) is 0 Å². The monoisotopic (exact) mass is 396 g/mol. The molecule has 4 atom stereocenters. The third kappa shape index (κ3) is 8.57. The molecule has 0 saturated carbocycles. The summed E-state index contributed by atoms with van der Waals surface area (Å²) in [5.41, 5.74) is -0.372. The first-order valence-electron chi connectivity index (χ1n) is 10.1. The second-order valence-corrected chi connectivity index (χ2v) is 8.45. The summed E-state index contributed by atoms with van der Waals surface area (Å²) < 4.78 is 9.60. The Morgan fingerprint density at radius 2 is 1.64 bits per heavy atom. The van der Waals surface area contributed by atoms with Crippen LogP contribution in [0.15, 0.2) is 24.3 Å². The maximum absolute atomic E-state index is 11.5. The summed E-state index contributed by atoms with van der Waals surface area (Å²) in [5.74, 6) is -0.154. The lowest BCUT2D eigenvalue weighted by atomic mass is 9.80. The minimum absolute atomic E-state index is 0.0392. The van der Waals surface area contributed by atoms with Gasteiger partial charge in [0, 0.05) is 5.41 Å². The van der Waals surface area contributed by atoms with Crippen molar-refractivity contribution in [1.82, 2.24) is 0 Å². The van der Waals surface area contributed by atoms with Gasteiger partial charge in [-0.3, -0.25) is 9.59 Å². The number of methoxy groups -OCH3 is 1. The predicted molar refractivity (Wildman–Crippen MR) is 107 cm³/mol. The van der Waals surface area contributed by atoms with Gasteiger partial charge >= 0.3 is 5.97 Å². The summed E-state index contributed by atoms with van der Waals surface area (Å²) in [6.45, 7) is 5.00. The average molecular weight is 397 g/mol. The molecule has 0 aromatic rings. The van der Waals surface area contributed by atoms with E-state index < -0.39 is 5.41 Å². The Balaban J connectivity index is 0.000000280. The van der Waals surface area contributed by atoms with Crippen LogP contribution in [0.1, 0.15) is 65.2 Å². The minimum atomic E-state index is -0.411. The molecule has 0 amide bonds. The van der Waals surface area contributed by atoms with Crippen molar-refractivity contribution in [2.75, 3.05) is 13.7 Å². The molecule has 2 aliphatic carbocycles. The van der Waals surface area contributed by atoms with Crippen LogP contribution in [0.5, 0.6) is 0 Å². The number of aliphatic hydroxyl groups excluding tert-OH is 2. The third-order valence-corrected chi connectivity index (χ3v) is 5.58. The van der Waals surface area contributed by atoms with Crippen LogP contribution in [0.25, 0.3) is 0 Å². The molecule has 0 aromatic heterocycles. The van der Waals surface area contributed by atoms with Gasteiger partial charge in [0.2, 0.25) is 0 Å². The molecule has 0 heterocycles. The summed E-state index contributed by atoms with van der Waals surface area (Å²) in [6, 6.07) is 0. The predicted octanol–water partition coefficient (Wildman–Crippen LogP) is 3.31. The topological polar surface area (TPSA) is 93.1 Å². The van der Waals surface area contributed by atoms with Crippen molar-refractivity contribution in [2.45, 2.75) is 77.4 Å². The first kappa shape index (κ1) is 24.4. The Morgan fingerprint density at radius 3 is 2.21 bits per heavy atom. The smallest absolute Gasteiger partial charge is 0.311 e. The zero-order valence-electron chi connectivity index (χ0n) is 17.4. The molecule has 6 heteroatoms. The molecule has 0 radical (unpaired) electrons. The van der Waals surface area contributed by atoms with Crippen molar-refractivity contribution in [3.05, 3.63) is 24.3 Å². The number of carbonyl (C=O) groups is 2. The van der Waals surface area contributed by atoms with Crippen molar-refractivity contribution in [3.63, 3.8) is 0 Å². The molecular formula is C22H36O6. The van der Waals surface area contributed by atoms with Crippen LogP contribution in [0.2, 0.25) is 0 Å². The van der Waals surface area contributed by atoms with Gasteiger partial charge < -0.3 is 19.7 Å². The van der Waals surface area contributed by atoms with Gasteiger partial charge in [-0.15, -0.1) is 0 Å². The fraction of sp³-hybridized carbons (Fsp3) is 0.727. The molecule has 0 aromatic carbocycles. The molecule has 6 nitrogen and oxygen atoms in total. The van der Waals surface area contributed by atoms with E-state index in [0.29, 0.717) is 19.5 Å². The number of carbonyl (C=O) groups excluding carboxylic acids is 2. The van der Waals surface area contributed by atoms with Crippen LogP contribution in [-0.2, 0) is 19.1 Å². The van der Waals surface area contributed by atoms with Crippen LogP contribution in [0.4, 0.5) is 0 Å². The molecule has 0 bridgehead atoms. The molecule has 0 spiro atoms. The van der Waals surface area contributed by atoms with Gasteiger partial charge in [0.05, 0.1) is 31.3 Å². The number of allylic oxidation sites excluding steroid dienone is 2. The average Bonchev–Trinajstić information content (AvgIpc) is 2.63. The first-order valence-corrected chi connectivity index (χ1v) is 10.1. The lowest BCUT2D eigenvalue weighted by molar-refractivity contribution is -0.152. The molecular weight excluding hydrogens is 360 g/mol. The van der Waals surface area contributed by atoms with E-state index in [1.54, 1.807) is 6.08 Å². The highest BCUT2D eigenvalue weighted by molar-refractivity contribution is 5.76. The number of aliphatic hydroxyl groups is 2. The summed E-state index contributed by atoms with van der Waals surface area (Å²) in [5, 5.41) is 18.8. The van der Waals surface area contributed by atoms with E-state index in [4.69, 9.17) is 9.47 Å². The fourth-order valence-corrected chi connectivity index (χ4v) is 3.63. The zero-order chi connectivity index (χ0) is 21.0. The van der Waals surface area contributed by atoms with Crippen LogP contribution in [0.3, 0.4) is 0 Å². The molecule has 2 N–H and O–H groups in total. The molecule has 0 fully saturated rings. The normalized spacial score (nSPS) is 35.5. The van der Waals surface area contributed by atoms with Gasteiger partial charge in [-0.05, 0) is 58.3 Å². The van der Waals surface area contributed by atoms with Crippen molar-refractivity contribution >= 4 is 12.4 Å². The standard InChI is InChI=1S/2C11H18O3/c1-11(10(13)14-2)7-3-5-9(12)6-4-8-11;1-11(8-14-9-12)6-2-4-10(13)5-3-7-11/h3,5,9,12H,4,6-8H2,1-2H3;2,4,9-10,13H,3,5-8H2,1H3/b5-3-;4-2+. The highest BCUT2D eigenvalue weighted by Gasteiger charge is 2.33. The van der Waals surface area contributed by atoms with Crippen LogP contribution >= 0.6 is 0 Å². The largest absolute Gasteiger partial charge is 0.469 e. The molecule has 0 saturated heterocycles. The van der Waals surface area contributed by atoms with E-state index in [0.717, 1.165) is 44.9 Å². The molecule has 4 unspecified atom stereocenters. The van der Waals surface area contributed by atoms with Gasteiger partial charge in [0.15, 0.2) is 0 Å². The Morgan fingerprint density at radius 1 is 1.07 bits per heavy atom. The molecule has 28 heavy (non-hydrogen) atoms. The Labute approximate surface area is 168 Å². The maximum Gasteiger partial charge on any atom is 0.311 e.